The molecule has 1 aromatic carbocycles. The van der Waals surface area contributed by atoms with Crippen LogP contribution in [0, 0.1) is 0 Å². The molecule has 24 heavy (non-hydrogen) atoms. The minimum atomic E-state index is 0.0580. The third-order valence-electron chi connectivity index (χ3n) is 4.50. The van der Waals surface area contributed by atoms with Gasteiger partial charge in [0, 0.05) is 48.7 Å². The Hall–Kier alpha value is -2.40. The van der Waals surface area contributed by atoms with Gasteiger partial charge in [0.2, 0.25) is 0 Å². The van der Waals surface area contributed by atoms with E-state index in [1.165, 1.54) is 0 Å². The SMILES string of the molecule is CC1NCCN(C(=O)c2cccc(OCc3cccnc3)c2)C1C. The Morgan fingerprint density at radius 1 is 1.33 bits per heavy atom. The van der Waals surface area contributed by atoms with Crippen molar-refractivity contribution in [2.24, 2.45) is 0 Å². The fourth-order valence-corrected chi connectivity index (χ4v) is 2.88. The molecule has 1 aliphatic rings. The van der Waals surface area contributed by atoms with Gasteiger partial charge in [-0.25, -0.2) is 0 Å². The number of hydrogen-bond donors (Lipinski definition) is 1. The van der Waals surface area contributed by atoms with Gasteiger partial charge in [-0.1, -0.05) is 12.1 Å². The van der Waals surface area contributed by atoms with Gasteiger partial charge in [0.25, 0.3) is 5.91 Å². The van der Waals surface area contributed by atoms with E-state index in [-0.39, 0.29) is 11.9 Å². The van der Waals surface area contributed by atoms with Crippen molar-refractivity contribution in [3.8, 4) is 5.75 Å². The molecule has 2 atom stereocenters. The van der Waals surface area contributed by atoms with Gasteiger partial charge in [-0.2, -0.15) is 0 Å². The van der Waals surface area contributed by atoms with Crippen molar-refractivity contribution in [2.45, 2.75) is 32.5 Å². The highest BCUT2D eigenvalue weighted by Crippen LogP contribution is 2.19. The lowest BCUT2D eigenvalue weighted by atomic mass is 10.1. The molecule has 1 aliphatic heterocycles. The molecule has 5 heteroatoms. The number of amides is 1. The van der Waals surface area contributed by atoms with Gasteiger partial charge >= 0.3 is 0 Å². The summed E-state index contributed by atoms with van der Waals surface area (Å²) in [7, 11) is 0. The highest BCUT2D eigenvalue weighted by Gasteiger charge is 2.28. The van der Waals surface area contributed by atoms with Gasteiger partial charge in [-0.15, -0.1) is 0 Å². The van der Waals surface area contributed by atoms with Crippen molar-refractivity contribution in [3.05, 3.63) is 59.9 Å². The molecule has 0 saturated carbocycles. The van der Waals surface area contributed by atoms with Crippen molar-refractivity contribution in [3.63, 3.8) is 0 Å². The van der Waals surface area contributed by atoms with Crippen LogP contribution >= 0.6 is 0 Å². The zero-order valence-corrected chi connectivity index (χ0v) is 14.1. The number of aromatic nitrogens is 1. The molecule has 1 amide bonds. The molecule has 3 rings (SSSR count). The van der Waals surface area contributed by atoms with Gasteiger partial charge in [0.15, 0.2) is 0 Å². The summed E-state index contributed by atoms with van der Waals surface area (Å²) in [6.07, 6.45) is 3.51. The number of rotatable bonds is 4. The van der Waals surface area contributed by atoms with Crippen molar-refractivity contribution in [1.82, 2.24) is 15.2 Å². The highest BCUT2D eigenvalue weighted by molar-refractivity contribution is 5.95. The van der Waals surface area contributed by atoms with Crippen LogP contribution in [-0.4, -0.2) is 41.0 Å². The summed E-state index contributed by atoms with van der Waals surface area (Å²) in [5, 5.41) is 3.39. The Balaban J connectivity index is 1.69. The minimum Gasteiger partial charge on any atom is -0.489 e. The molecule has 1 aromatic heterocycles. The van der Waals surface area contributed by atoms with E-state index in [4.69, 9.17) is 4.74 Å². The molecule has 1 saturated heterocycles. The summed E-state index contributed by atoms with van der Waals surface area (Å²) in [6, 6.07) is 11.7. The second-order valence-electron chi connectivity index (χ2n) is 6.16. The maximum absolute atomic E-state index is 12.8. The second-order valence-corrected chi connectivity index (χ2v) is 6.16. The average Bonchev–Trinajstić information content (AvgIpc) is 2.63. The lowest BCUT2D eigenvalue weighted by Gasteiger charge is -2.38. The molecule has 2 aromatic rings. The summed E-state index contributed by atoms with van der Waals surface area (Å²) in [5.41, 5.74) is 1.67. The first-order chi connectivity index (χ1) is 11.6. The van der Waals surface area contributed by atoms with Gasteiger partial charge in [-0.05, 0) is 38.1 Å². The molecule has 0 radical (unpaired) electrons. The van der Waals surface area contributed by atoms with Crippen LogP contribution in [0.3, 0.4) is 0 Å². The topological polar surface area (TPSA) is 54.5 Å². The number of hydrogen-bond acceptors (Lipinski definition) is 4. The first kappa shape index (κ1) is 16.5. The van der Waals surface area contributed by atoms with E-state index in [1.54, 1.807) is 12.4 Å². The maximum Gasteiger partial charge on any atom is 0.254 e. The molecule has 5 nitrogen and oxygen atoms in total. The number of carbonyl (C=O) groups excluding carboxylic acids is 1. The summed E-state index contributed by atoms with van der Waals surface area (Å²) in [4.78, 5) is 18.8. The molecule has 126 valence electrons. The van der Waals surface area contributed by atoms with Crippen LogP contribution in [-0.2, 0) is 6.61 Å². The number of nitrogens with one attached hydrogen (secondary N) is 1. The van der Waals surface area contributed by atoms with Crippen LogP contribution in [0.2, 0.25) is 0 Å². The fourth-order valence-electron chi connectivity index (χ4n) is 2.88. The van der Waals surface area contributed by atoms with Crippen LogP contribution in [0.1, 0.15) is 29.8 Å². The van der Waals surface area contributed by atoms with E-state index in [9.17, 15) is 4.79 Å². The average molecular weight is 325 g/mol. The van der Waals surface area contributed by atoms with Crippen LogP contribution in [0.5, 0.6) is 5.75 Å². The highest BCUT2D eigenvalue weighted by atomic mass is 16.5. The molecular weight excluding hydrogens is 302 g/mol. The lowest BCUT2D eigenvalue weighted by molar-refractivity contribution is 0.0602. The summed E-state index contributed by atoms with van der Waals surface area (Å²) in [5.74, 6) is 0.753. The molecule has 0 spiro atoms. The van der Waals surface area contributed by atoms with Gasteiger partial charge in [-0.3, -0.25) is 9.78 Å². The first-order valence-corrected chi connectivity index (χ1v) is 8.31. The van der Waals surface area contributed by atoms with E-state index < -0.39 is 0 Å². The summed E-state index contributed by atoms with van der Waals surface area (Å²) >= 11 is 0. The third-order valence-corrected chi connectivity index (χ3v) is 4.50. The Kier molecular flexibility index (Phi) is 5.11. The Morgan fingerprint density at radius 3 is 3.00 bits per heavy atom. The number of benzene rings is 1. The number of ether oxygens (including phenoxy) is 1. The zero-order valence-electron chi connectivity index (χ0n) is 14.1. The lowest BCUT2D eigenvalue weighted by Crippen LogP contribution is -2.57. The molecule has 0 bridgehead atoms. The van der Waals surface area contributed by atoms with Gasteiger partial charge in [0.05, 0.1) is 0 Å². The van der Waals surface area contributed by atoms with Crippen molar-refractivity contribution >= 4 is 5.91 Å². The maximum atomic E-state index is 12.8. The monoisotopic (exact) mass is 325 g/mol. The fraction of sp³-hybridized carbons (Fsp3) is 0.368. The smallest absolute Gasteiger partial charge is 0.254 e. The van der Waals surface area contributed by atoms with E-state index in [0.29, 0.717) is 24.0 Å². The third kappa shape index (κ3) is 3.74. The molecule has 1 fully saturated rings. The van der Waals surface area contributed by atoms with Crippen LogP contribution in [0.4, 0.5) is 0 Å². The van der Waals surface area contributed by atoms with E-state index >= 15 is 0 Å². The van der Waals surface area contributed by atoms with Crippen molar-refractivity contribution < 1.29 is 9.53 Å². The first-order valence-electron chi connectivity index (χ1n) is 8.31. The van der Waals surface area contributed by atoms with Crippen molar-refractivity contribution in [1.29, 1.82) is 0 Å². The quantitative estimate of drug-likeness (QED) is 0.938. The Morgan fingerprint density at radius 2 is 2.21 bits per heavy atom. The molecular formula is C19H23N3O2. The summed E-state index contributed by atoms with van der Waals surface area (Å²) < 4.78 is 5.80. The largest absolute Gasteiger partial charge is 0.489 e. The molecule has 1 N–H and O–H groups in total. The Bertz CT molecular complexity index is 690. The van der Waals surface area contributed by atoms with Gasteiger partial charge < -0.3 is 15.0 Å². The molecule has 0 aliphatic carbocycles. The van der Waals surface area contributed by atoms with E-state index in [2.05, 4.69) is 24.1 Å². The van der Waals surface area contributed by atoms with Crippen LogP contribution < -0.4 is 10.1 Å². The predicted octanol–water partition coefficient (Wildman–Crippen LogP) is 2.48. The van der Waals surface area contributed by atoms with Gasteiger partial charge in [0.1, 0.15) is 12.4 Å². The van der Waals surface area contributed by atoms with E-state index in [1.807, 2.05) is 41.3 Å². The standard InChI is InChI=1S/C19H23N3O2/c1-14-15(2)22(10-9-21-14)19(23)17-6-3-7-18(11-17)24-13-16-5-4-8-20-12-16/h3-8,11-12,14-15,21H,9-10,13H2,1-2H3. The minimum absolute atomic E-state index is 0.0580. The van der Waals surface area contributed by atoms with Crippen LogP contribution in [0.25, 0.3) is 0 Å². The second kappa shape index (κ2) is 7.45. The van der Waals surface area contributed by atoms with Crippen LogP contribution in [0.15, 0.2) is 48.8 Å². The predicted molar refractivity (Wildman–Crippen MR) is 93.0 cm³/mol. The molecule has 2 unspecified atom stereocenters. The number of pyridine rings is 1. The number of piperazine rings is 1. The summed E-state index contributed by atoms with van der Waals surface area (Å²) in [6.45, 7) is 6.18. The van der Waals surface area contributed by atoms with Crippen molar-refractivity contribution in [2.75, 3.05) is 13.1 Å². The number of nitrogens with zero attached hydrogens (tertiary/aromatic N) is 2. The normalized spacial score (nSPS) is 20.7. The zero-order chi connectivity index (χ0) is 16.9. The van der Waals surface area contributed by atoms with E-state index in [0.717, 1.165) is 18.7 Å². The Labute approximate surface area is 142 Å². The number of carbonyl (C=O) groups is 1. The molecule has 2 heterocycles.